The molecule has 3 heterocycles. The molecule has 0 atom stereocenters. The molecule has 6 nitrogen and oxygen atoms in total. The summed E-state index contributed by atoms with van der Waals surface area (Å²) < 4.78 is 1.93. The fourth-order valence-corrected chi connectivity index (χ4v) is 4.14. The summed E-state index contributed by atoms with van der Waals surface area (Å²) in [6, 6.07) is 9.66. The number of hydrogen-bond donors (Lipinski definition) is 1. The van der Waals surface area contributed by atoms with Gasteiger partial charge in [-0.25, -0.2) is 9.97 Å². The van der Waals surface area contributed by atoms with Crippen molar-refractivity contribution >= 4 is 28.4 Å². The lowest BCUT2D eigenvalue weighted by atomic mass is 9.75. The standard InChI is InChI=1S/C22H22ClN5O/c1-12(2)17-7-8-18-21(25-17)28-19(13(3)24-18)26-27-20(28)15-11-14(5-6-16(15)23)22(29)9-4-10-22/h5-8,11-12,29H,4,9-10H2,1-3H3. The maximum atomic E-state index is 10.8. The van der Waals surface area contributed by atoms with E-state index in [1.807, 2.05) is 41.7 Å². The molecule has 0 amide bonds. The van der Waals surface area contributed by atoms with Crippen LogP contribution in [0.3, 0.4) is 0 Å². The maximum Gasteiger partial charge on any atom is 0.184 e. The normalized spacial score (nSPS) is 15.9. The van der Waals surface area contributed by atoms with Crippen LogP contribution in [0.15, 0.2) is 30.3 Å². The van der Waals surface area contributed by atoms with E-state index < -0.39 is 5.60 Å². The van der Waals surface area contributed by atoms with Crippen LogP contribution >= 0.6 is 11.6 Å². The minimum absolute atomic E-state index is 0.287. The average Bonchev–Trinajstić information content (AvgIpc) is 3.12. The SMILES string of the molecule is Cc1nc2ccc(C(C)C)nc2n2c(-c3cc(C4(O)CCC4)ccc3Cl)nnc12. The van der Waals surface area contributed by atoms with Gasteiger partial charge in [0.15, 0.2) is 17.1 Å². The quantitative estimate of drug-likeness (QED) is 0.528. The number of aromatic nitrogens is 5. The molecule has 1 aromatic carbocycles. The number of halogens is 1. The molecule has 0 saturated heterocycles. The van der Waals surface area contributed by atoms with Crippen LogP contribution in [-0.2, 0) is 5.60 Å². The second-order valence-electron chi connectivity index (χ2n) is 8.19. The predicted molar refractivity (Wildman–Crippen MR) is 113 cm³/mol. The monoisotopic (exact) mass is 407 g/mol. The average molecular weight is 408 g/mol. The molecule has 0 radical (unpaired) electrons. The summed E-state index contributed by atoms with van der Waals surface area (Å²) in [4.78, 5) is 9.51. The van der Waals surface area contributed by atoms with Crippen LogP contribution in [-0.4, -0.2) is 29.7 Å². The van der Waals surface area contributed by atoms with Crippen molar-refractivity contribution in [3.63, 3.8) is 0 Å². The van der Waals surface area contributed by atoms with Crippen molar-refractivity contribution in [3.05, 3.63) is 52.3 Å². The van der Waals surface area contributed by atoms with Gasteiger partial charge >= 0.3 is 0 Å². The number of nitrogens with zero attached hydrogens (tertiary/aromatic N) is 5. The van der Waals surface area contributed by atoms with Crippen molar-refractivity contribution in [2.45, 2.75) is 51.6 Å². The number of aryl methyl sites for hydroxylation is 1. The van der Waals surface area contributed by atoms with Gasteiger partial charge in [0.2, 0.25) is 0 Å². The molecule has 5 rings (SSSR count). The topological polar surface area (TPSA) is 76.2 Å². The lowest BCUT2D eigenvalue weighted by Crippen LogP contribution is -2.33. The fourth-order valence-electron chi connectivity index (χ4n) is 3.94. The van der Waals surface area contributed by atoms with Gasteiger partial charge in [-0.3, -0.25) is 4.40 Å². The largest absolute Gasteiger partial charge is 0.385 e. The highest BCUT2D eigenvalue weighted by Crippen LogP contribution is 2.43. The molecule has 4 aromatic rings. The lowest BCUT2D eigenvalue weighted by Gasteiger charge is -2.37. The van der Waals surface area contributed by atoms with E-state index in [0.717, 1.165) is 47.3 Å². The zero-order chi connectivity index (χ0) is 20.3. The molecule has 0 spiro atoms. The van der Waals surface area contributed by atoms with Crippen LogP contribution in [0.2, 0.25) is 5.02 Å². The molecule has 0 unspecified atom stereocenters. The third-order valence-electron chi connectivity index (χ3n) is 5.88. The Balaban J connectivity index is 1.81. The highest BCUT2D eigenvalue weighted by Gasteiger charge is 2.36. The van der Waals surface area contributed by atoms with Gasteiger partial charge in [0.1, 0.15) is 5.52 Å². The molecule has 148 valence electrons. The first kappa shape index (κ1) is 18.5. The van der Waals surface area contributed by atoms with Gasteiger partial charge in [-0.2, -0.15) is 0 Å². The molecule has 3 aromatic heterocycles. The molecule has 7 heteroatoms. The Kier molecular flexibility index (Phi) is 4.12. The second-order valence-corrected chi connectivity index (χ2v) is 8.60. The molecule has 1 aliphatic rings. The summed E-state index contributed by atoms with van der Waals surface area (Å²) in [6.07, 6.45) is 2.56. The Hall–Kier alpha value is -2.57. The number of fused-ring (bicyclic) bond motifs is 3. The van der Waals surface area contributed by atoms with Gasteiger partial charge in [-0.05, 0) is 61.9 Å². The number of rotatable bonds is 3. The van der Waals surface area contributed by atoms with Crippen molar-refractivity contribution in [2.24, 2.45) is 0 Å². The van der Waals surface area contributed by atoms with Gasteiger partial charge < -0.3 is 5.11 Å². The van der Waals surface area contributed by atoms with E-state index in [9.17, 15) is 5.11 Å². The maximum absolute atomic E-state index is 10.8. The third-order valence-corrected chi connectivity index (χ3v) is 6.21. The van der Waals surface area contributed by atoms with Gasteiger partial charge in [0.25, 0.3) is 0 Å². The second kappa shape index (κ2) is 6.47. The minimum Gasteiger partial charge on any atom is -0.385 e. The summed E-state index contributed by atoms with van der Waals surface area (Å²) in [5.41, 5.74) is 4.73. The molecule has 0 aliphatic heterocycles. The Bertz CT molecular complexity index is 1260. The first-order valence-corrected chi connectivity index (χ1v) is 10.3. The number of aliphatic hydroxyl groups is 1. The highest BCUT2D eigenvalue weighted by molar-refractivity contribution is 6.33. The molecule has 29 heavy (non-hydrogen) atoms. The number of hydrogen-bond acceptors (Lipinski definition) is 5. The fraction of sp³-hybridized carbons (Fsp3) is 0.364. The first-order valence-electron chi connectivity index (χ1n) is 9.92. The van der Waals surface area contributed by atoms with E-state index in [2.05, 4.69) is 29.0 Å². The van der Waals surface area contributed by atoms with E-state index in [-0.39, 0.29) is 5.92 Å². The van der Waals surface area contributed by atoms with Crippen molar-refractivity contribution in [3.8, 4) is 11.4 Å². The summed E-state index contributed by atoms with van der Waals surface area (Å²) in [5.74, 6) is 0.897. The number of benzene rings is 1. The zero-order valence-corrected chi connectivity index (χ0v) is 17.4. The molecular formula is C22H22ClN5O. The van der Waals surface area contributed by atoms with Crippen LogP contribution in [0.4, 0.5) is 0 Å². The third kappa shape index (κ3) is 2.81. The van der Waals surface area contributed by atoms with Crippen LogP contribution < -0.4 is 0 Å². The molecule has 1 N–H and O–H groups in total. The Morgan fingerprint density at radius 1 is 1.07 bits per heavy atom. The van der Waals surface area contributed by atoms with Crippen LogP contribution in [0.5, 0.6) is 0 Å². The summed E-state index contributed by atoms with van der Waals surface area (Å²) in [7, 11) is 0. The molecule has 1 aliphatic carbocycles. The van der Waals surface area contributed by atoms with Gasteiger partial charge in [0.05, 0.1) is 16.3 Å². The van der Waals surface area contributed by atoms with E-state index in [0.29, 0.717) is 22.1 Å². The number of pyridine rings is 1. The van der Waals surface area contributed by atoms with Crippen molar-refractivity contribution in [2.75, 3.05) is 0 Å². The minimum atomic E-state index is -0.775. The van der Waals surface area contributed by atoms with E-state index in [1.165, 1.54) is 0 Å². The first-order chi connectivity index (χ1) is 13.9. The van der Waals surface area contributed by atoms with Gasteiger partial charge in [0, 0.05) is 11.3 Å². The van der Waals surface area contributed by atoms with Crippen molar-refractivity contribution < 1.29 is 5.11 Å². The van der Waals surface area contributed by atoms with E-state index in [1.54, 1.807) is 0 Å². The predicted octanol–water partition coefficient (Wildman–Crippen LogP) is 4.80. The molecule has 1 fully saturated rings. The summed E-state index contributed by atoms with van der Waals surface area (Å²) in [6.45, 7) is 6.14. The summed E-state index contributed by atoms with van der Waals surface area (Å²) in [5, 5.41) is 20.2. The van der Waals surface area contributed by atoms with Crippen molar-refractivity contribution in [1.82, 2.24) is 24.6 Å². The summed E-state index contributed by atoms with van der Waals surface area (Å²) >= 11 is 6.57. The van der Waals surface area contributed by atoms with Crippen LogP contribution in [0.1, 0.15) is 56.0 Å². The van der Waals surface area contributed by atoms with Gasteiger partial charge in [-0.15, -0.1) is 10.2 Å². The Morgan fingerprint density at radius 2 is 1.86 bits per heavy atom. The highest BCUT2D eigenvalue weighted by atomic mass is 35.5. The molecule has 0 bridgehead atoms. The lowest BCUT2D eigenvalue weighted by molar-refractivity contribution is -0.0387. The zero-order valence-electron chi connectivity index (χ0n) is 16.6. The molecule has 1 saturated carbocycles. The van der Waals surface area contributed by atoms with Crippen LogP contribution in [0.25, 0.3) is 28.2 Å². The smallest absolute Gasteiger partial charge is 0.184 e. The Labute approximate surface area is 173 Å². The van der Waals surface area contributed by atoms with E-state index in [4.69, 9.17) is 16.6 Å². The van der Waals surface area contributed by atoms with Crippen molar-refractivity contribution in [1.29, 1.82) is 0 Å². The van der Waals surface area contributed by atoms with E-state index >= 15 is 0 Å². The molecular weight excluding hydrogens is 386 g/mol. The van der Waals surface area contributed by atoms with Gasteiger partial charge in [-0.1, -0.05) is 31.5 Å². The Morgan fingerprint density at radius 3 is 2.55 bits per heavy atom. The van der Waals surface area contributed by atoms with Crippen LogP contribution in [0, 0.1) is 6.92 Å².